The number of thiophene rings is 1. The van der Waals surface area contributed by atoms with Gasteiger partial charge in [-0.05, 0) is 35.2 Å². The van der Waals surface area contributed by atoms with Crippen LogP contribution in [0.15, 0.2) is 66.2 Å². The fourth-order valence-corrected chi connectivity index (χ4v) is 4.61. The number of fused-ring (bicyclic) bond motifs is 1. The fraction of sp³-hybridized carbons (Fsp3) is 0.200. The van der Waals surface area contributed by atoms with Crippen LogP contribution in [0.5, 0.6) is 0 Å². The average Bonchev–Trinajstić information content (AvgIpc) is 3.45. The Kier molecular flexibility index (Phi) is 7.15. The molecule has 4 nitrogen and oxygen atoms in total. The van der Waals surface area contributed by atoms with Crippen LogP contribution in [0.2, 0.25) is 0 Å². The lowest BCUT2D eigenvalue weighted by atomic mass is 10.0. The Morgan fingerprint density at radius 2 is 1.94 bits per heavy atom. The molecule has 0 radical (unpaired) electrons. The molecule has 0 unspecified atom stereocenters. The molecule has 0 saturated heterocycles. The number of anilines is 1. The van der Waals surface area contributed by atoms with Crippen LogP contribution in [0.1, 0.15) is 10.4 Å². The third kappa shape index (κ3) is 5.29. The normalized spacial score (nSPS) is 11.2. The van der Waals surface area contributed by atoms with Crippen LogP contribution in [0.3, 0.4) is 0 Å². The number of alkyl halides is 2. The van der Waals surface area contributed by atoms with Gasteiger partial charge < -0.3 is 15.6 Å². The second kappa shape index (κ2) is 10.2. The maximum Gasteiger partial charge on any atom is 0.229 e. The number of thiocarbonyl (C=S) groups is 1. The van der Waals surface area contributed by atoms with Gasteiger partial charge in [-0.25, -0.2) is 0 Å². The summed E-state index contributed by atoms with van der Waals surface area (Å²) in [6, 6.07) is 17.0. The maximum absolute atomic E-state index is 13.3. The Morgan fingerprint density at radius 3 is 2.64 bits per heavy atom. The first-order valence-electron chi connectivity index (χ1n) is 10.5. The quantitative estimate of drug-likeness (QED) is 0.299. The molecule has 2 aromatic heterocycles. The molecule has 0 spiro atoms. The summed E-state index contributed by atoms with van der Waals surface area (Å²) in [6.45, 7) is -1.32. The predicted molar refractivity (Wildman–Crippen MR) is 135 cm³/mol. The van der Waals surface area contributed by atoms with E-state index in [1.165, 1.54) is 11.3 Å². The number of amides is 1. The molecule has 2 aromatic carbocycles. The molecule has 33 heavy (non-hydrogen) atoms. The maximum atomic E-state index is 13.3. The van der Waals surface area contributed by atoms with Gasteiger partial charge in [-0.2, -0.15) is 0 Å². The predicted octanol–water partition coefficient (Wildman–Crippen LogP) is 5.74. The molecule has 0 aliphatic heterocycles. The largest absolute Gasteiger partial charge is 0.389 e. The monoisotopic (exact) mass is 483 g/mol. The van der Waals surface area contributed by atoms with Gasteiger partial charge in [-0.3, -0.25) is 13.6 Å². The van der Waals surface area contributed by atoms with E-state index in [2.05, 4.69) is 5.32 Å². The van der Waals surface area contributed by atoms with Crippen molar-refractivity contribution in [2.75, 3.05) is 18.7 Å². The number of nitrogens with zero attached hydrogens (tertiary/aromatic N) is 1. The van der Waals surface area contributed by atoms with Crippen molar-refractivity contribution in [3.05, 3.63) is 76.6 Å². The van der Waals surface area contributed by atoms with E-state index in [1.807, 2.05) is 70.7 Å². The van der Waals surface area contributed by atoms with Crippen molar-refractivity contribution in [3.8, 4) is 11.1 Å². The molecule has 1 amide bonds. The number of halogens is 2. The zero-order chi connectivity index (χ0) is 23.4. The summed E-state index contributed by atoms with van der Waals surface area (Å²) >= 11 is 6.64. The van der Waals surface area contributed by atoms with E-state index in [0.717, 1.165) is 32.5 Å². The van der Waals surface area contributed by atoms with E-state index in [0.29, 0.717) is 17.1 Å². The highest BCUT2D eigenvalue weighted by Gasteiger charge is 2.16. The molecule has 0 atom stereocenters. The zero-order valence-electron chi connectivity index (χ0n) is 17.8. The summed E-state index contributed by atoms with van der Waals surface area (Å²) in [5.41, 5.74) is 9.75. The molecule has 0 fully saturated rings. The second-order valence-corrected chi connectivity index (χ2v) is 9.32. The first-order chi connectivity index (χ1) is 16.0. The van der Waals surface area contributed by atoms with Crippen LogP contribution < -0.4 is 11.1 Å². The molecule has 0 saturated carbocycles. The SMILES string of the molecule is NC(=S)c1cccc(-c2cn(CC(CF)CF)c3cc(NC(=O)Cc4cccs4)ccc23)c1. The van der Waals surface area contributed by atoms with Crippen molar-refractivity contribution in [3.63, 3.8) is 0 Å². The number of aromatic nitrogens is 1. The molecule has 2 heterocycles. The Balaban J connectivity index is 1.72. The summed E-state index contributed by atoms with van der Waals surface area (Å²) < 4.78 is 28.5. The first kappa shape index (κ1) is 23.1. The lowest BCUT2D eigenvalue weighted by Gasteiger charge is -2.12. The number of hydrogen-bond acceptors (Lipinski definition) is 3. The van der Waals surface area contributed by atoms with Crippen LogP contribution in [0.4, 0.5) is 14.5 Å². The van der Waals surface area contributed by atoms with Gasteiger partial charge in [-0.15, -0.1) is 11.3 Å². The molecule has 4 aromatic rings. The number of hydrogen-bond donors (Lipinski definition) is 2. The van der Waals surface area contributed by atoms with Gasteiger partial charge >= 0.3 is 0 Å². The van der Waals surface area contributed by atoms with Gasteiger partial charge in [0.15, 0.2) is 0 Å². The zero-order valence-corrected chi connectivity index (χ0v) is 19.4. The minimum atomic E-state index is -0.750. The van der Waals surface area contributed by atoms with Crippen LogP contribution >= 0.6 is 23.6 Å². The number of benzene rings is 2. The highest BCUT2D eigenvalue weighted by molar-refractivity contribution is 7.80. The van der Waals surface area contributed by atoms with Gasteiger partial charge in [-0.1, -0.05) is 42.5 Å². The highest BCUT2D eigenvalue weighted by atomic mass is 32.1. The molecule has 170 valence electrons. The highest BCUT2D eigenvalue weighted by Crippen LogP contribution is 2.33. The molecule has 0 aliphatic rings. The molecule has 0 bridgehead atoms. The van der Waals surface area contributed by atoms with Gasteiger partial charge in [0.25, 0.3) is 0 Å². The van der Waals surface area contributed by atoms with Crippen molar-refractivity contribution >= 4 is 51.0 Å². The minimum Gasteiger partial charge on any atom is -0.389 e. The van der Waals surface area contributed by atoms with Gasteiger partial charge in [0.05, 0.1) is 25.3 Å². The molecule has 0 aliphatic carbocycles. The van der Waals surface area contributed by atoms with E-state index in [1.54, 1.807) is 0 Å². The Hall–Kier alpha value is -3.10. The lowest BCUT2D eigenvalue weighted by molar-refractivity contribution is -0.115. The number of rotatable bonds is 9. The molecular weight excluding hydrogens is 460 g/mol. The van der Waals surface area contributed by atoms with E-state index in [9.17, 15) is 13.6 Å². The molecular formula is C25H23F2N3OS2. The Labute approximate surface area is 200 Å². The molecule has 4 rings (SSSR count). The second-order valence-electron chi connectivity index (χ2n) is 7.85. The van der Waals surface area contributed by atoms with E-state index < -0.39 is 19.3 Å². The average molecular weight is 484 g/mol. The van der Waals surface area contributed by atoms with Crippen LogP contribution in [0.25, 0.3) is 22.0 Å². The Bertz CT molecular complexity index is 1280. The van der Waals surface area contributed by atoms with E-state index >= 15 is 0 Å². The van der Waals surface area contributed by atoms with Crippen molar-refractivity contribution in [1.82, 2.24) is 4.57 Å². The lowest BCUT2D eigenvalue weighted by Crippen LogP contribution is -2.15. The Morgan fingerprint density at radius 1 is 1.12 bits per heavy atom. The minimum absolute atomic E-state index is 0.121. The van der Waals surface area contributed by atoms with Crippen LogP contribution in [-0.2, 0) is 17.8 Å². The van der Waals surface area contributed by atoms with Crippen LogP contribution in [-0.4, -0.2) is 28.8 Å². The van der Waals surface area contributed by atoms with E-state index in [-0.39, 0.29) is 12.5 Å². The first-order valence-corrected chi connectivity index (χ1v) is 11.7. The smallest absolute Gasteiger partial charge is 0.229 e. The third-order valence-electron chi connectivity index (χ3n) is 5.43. The number of nitrogens with two attached hydrogens (primary N) is 1. The van der Waals surface area contributed by atoms with Crippen molar-refractivity contribution in [2.24, 2.45) is 11.7 Å². The standard InChI is InChI=1S/C25H23F2N3OS2/c26-12-16(13-27)14-30-15-22(17-3-1-4-18(9-17)25(28)32)21-7-6-19(10-23(21)30)29-24(31)11-20-5-2-8-33-20/h1-10,15-16H,11-14H2,(H2,28,32)(H,29,31). The molecule has 3 N–H and O–H groups in total. The van der Waals surface area contributed by atoms with Crippen LogP contribution in [0, 0.1) is 5.92 Å². The summed E-state index contributed by atoms with van der Waals surface area (Å²) in [5, 5.41) is 5.76. The van der Waals surface area contributed by atoms with Gasteiger partial charge in [0.2, 0.25) is 5.91 Å². The van der Waals surface area contributed by atoms with Crippen molar-refractivity contribution in [2.45, 2.75) is 13.0 Å². The van der Waals surface area contributed by atoms with Gasteiger partial charge in [0, 0.05) is 45.7 Å². The number of carbonyl (C=O) groups excluding carboxylic acids is 1. The number of nitrogens with one attached hydrogen (secondary N) is 1. The molecule has 8 heteroatoms. The van der Waals surface area contributed by atoms with Gasteiger partial charge in [0.1, 0.15) is 4.99 Å². The summed E-state index contributed by atoms with van der Waals surface area (Å²) in [6.07, 6.45) is 2.18. The topological polar surface area (TPSA) is 60.0 Å². The summed E-state index contributed by atoms with van der Waals surface area (Å²) in [7, 11) is 0. The fourth-order valence-electron chi connectivity index (χ4n) is 3.78. The summed E-state index contributed by atoms with van der Waals surface area (Å²) in [4.78, 5) is 13.7. The van der Waals surface area contributed by atoms with E-state index in [4.69, 9.17) is 18.0 Å². The van der Waals surface area contributed by atoms with Crippen molar-refractivity contribution < 1.29 is 13.6 Å². The third-order valence-corrected chi connectivity index (χ3v) is 6.54. The number of carbonyl (C=O) groups is 1. The summed E-state index contributed by atoms with van der Waals surface area (Å²) in [5.74, 6) is -0.863. The van der Waals surface area contributed by atoms with Crippen molar-refractivity contribution in [1.29, 1.82) is 0 Å².